The van der Waals surface area contributed by atoms with Crippen LogP contribution in [-0.4, -0.2) is 31.1 Å². The summed E-state index contributed by atoms with van der Waals surface area (Å²) in [6, 6.07) is 17.0. The highest BCUT2D eigenvalue weighted by Crippen LogP contribution is 2.39. The van der Waals surface area contributed by atoms with E-state index in [-0.39, 0.29) is 6.04 Å². The van der Waals surface area contributed by atoms with Crippen molar-refractivity contribution in [3.8, 4) is 5.88 Å². The molecule has 0 spiro atoms. The second-order valence-corrected chi connectivity index (χ2v) is 5.84. The average Bonchev–Trinajstić information content (AvgIpc) is 2.88. The minimum Gasteiger partial charge on any atom is -0.482 e. The van der Waals surface area contributed by atoms with E-state index in [2.05, 4.69) is 73.4 Å². The molecule has 1 heterocycles. The Morgan fingerprint density at radius 1 is 1.00 bits per heavy atom. The van der Waals surface area contributed by atoms with Gasteiger partial charge in [0, 0.05) is 16.5 Å². The van der Waals surface area contributed by atoms with Crippen molar-refractivity contribution in [1.29, 1.82) is 0 Å². The number of aromatic amines is 1. The van der Waals surface area contributed by atoms with Gasteiger partial charge in [0.2, 0.25) is 0 Å². The molecule has 2 aromatic carbocycles. The zero-order valence-corrected chi connectivity index (χ0v) is 13.6. The molecule has 1 unspecified atom stereocenters. The van der Waals surface area contributed by atoms with Crippen LogP contribution in [0.4, 0.5) is 0 Å². The van der Waals surface area contributed by atoms with E-state index >= 15 is 0 Å². The van der Waals surface area contributed by atoms with Gasteiger partial charge in [-0.15, -0.1) is 0 Å². The SMILES string of the molecule is COc1[nH]c2ccccc2c1C(c1ccccc1C)N(C)C. The summed E-state index contributed by atoms with van der Waals surface area (Å²) in [4.78, 5) is 5.63. The smallest absolute Gasteiger partial charge is 0.196 e. The fourth-order valence-corrected chi connectivity index (χ4v) is 3.16. The van der Waals surface area contributed by atoms with E-state index in [1.165, 1.54) is 22.1 Å². The van der Waals surface area contributed by atoms with Gasteiger partial charge in [-0.25, -0.2) is 0 Å². The van der Waals surface area contributed by atoms with E-state index in [4.69, 9.17) is 4.74 Å². The van der Waals surface area contributed by atoms with Crippen LogP contribution in [0.5, 0.6) is 5.88 Å². The number of aromatic nitrogens is 1. The fraction of sp³-hybridized carbons (Fsp3) is 0.263. The lowest BCUT2D eigenvalue weighted by atomic mass is 9.93. The number of para-hydroxylation sites is 1. The standard InChI is InChI=1S/C19H22N2O/c1-13-9-5-6-10-14(13)18(21(2)3)17-15-11-7-8-12-16(15)20-19(17)22-4/h5-12,18,20H,1-4H3. The second kappa shape index (κ2) is 5.85. The van der Waals surface area contributed by atoms with Gasteiger partial charge in [-0.2, -0.15) is 0 Å². The number of aryl methyl sites for hydroxylation is 1. The van der Waals surface area contributed by atoms with Crippen molar-refractivity contribution in [3.63, 3.8) is 0 Å². The van der Waals surface area contributed by atoms with Gasteiger partial charge in [-0.3, -0.25) is 4.90 Å². The van der Waals surface area contributed by atoms with Crippen LogP contribution >= 0.6 is 0 Å². The van der Waals surface area contributed by atoms with Crippen LogP contribution in [0, 0.1) is 6.92 Å². The topological polar surface area (TPSA) is 28.3 Å². The Bertz CT molecular complexity index is 789. The van der Waals surface area contributed by atoms with E-state index in [0.29, 0.717) is 0 Å². The quantitative estimate of drug-likeness (QED) is 0.783. The maximum absolute atomic E-state index is 5.64. The third-order valence-corrected chi connectivity index (χ3v) is 4.19. The number of hydrogen-bond acceptors (Lipinski definition) is 2. The Hall–Kier alpha value is -2.26. The summed E-state index contributed by atoms with van der Waals surface area (Å²) in [5.41, 5.74) is 4.89. The van der Waals surface area contributed by atoms with Gasteiger partial charge >= 0.3 is 0 Å². The molecule has 0 saturated heterocycles. The van der Waals surface area contributed by atoms with Gasteiger partial charge in [0.05, 0.1) is 13.2 Å². The van der Waals surface area contributed by atoms with Gasteiger partial charge in [0.25, 0.3) is 0 Å². The van der Waals surface area contributed by atoms with Crippen molar-refractivity contribution >= 4 is 10.9 Å². The Kier molecular flexibility index (Phi) is 3.90. The summed E-state index contributed by atoms with van der Waals surface area (Å²) < 4.78 is 5.64. The molecule has 1 atom stereocenters. The molecule has 0 fully saturated rings. The normalized spacial score (nSPS) is 12.8. The maximum Gasteiger partial charge on any atom is 0.196 e. The van der Waals surface area contributed by atoms with Crippen LogP contribution in [-0.2, 0) is 0 Å². The minimum absolute atomic E-state index is 0.146. The average molecular weight is 294 g/mol. The number of benzene rings is 2. The first-order valence-electron chi connectivity index (χ1n) is 7.50. The first-order valence-corrected chi connectivity index (χ1v) is 7.50. The molecule has 114 valence electrons. The highest BCUT2D eigenvalue weighted by molar-refractivity contribution is 5.87. The predicted molar refractivity (Wildman–Crippen MR) is 91.6 cm³/mol. The van der Waals surface area contributed by atoms with Gasteiger partial charge in [0.1, 0.15) is 0 Å². The summed E-state index contributed by atoms with van der Waals surface area (Å²) in [6.45, 7) is 2.16. The Morgan fingerprint density at radius 3 is 2.36 bits per heavy atom. The zero-order valence-electron chi connectivity index (χ0n) is 13.6. The van der Waals surface area contributed by atoms with Crippen LogP contribution in [0.15, 0.2) is 48.5 Å². The second-order valence-electron chi connectivity index (χ2n) is 5.84. The van der Waals surface area contributed by atoms with Gasteiger partial charge in [-0.1, -0.05) is 42.5 Å². The first-order chi connectivity index (χ1) is 10.6. The molecule has 0 aliphatic heterocycles. The third kappa shape index (κ3) is 2.38. The van der Waals surface area contributed by atoms with E-state index in [1.54, 1.807) is 7.11 Å². The Morgan fingerprint density at radius 2 is 1.68 bits per heavy atom. The lowest BCUT2D eigenvalue weighted by Gasteiger charge is -2.27. The highest BCUT2D eigenvalue weighted by Gasteiger charge is 2.25. The summed E-state index contributed by atoms with van der Waals surface area (Å²) in [5, 5.41) is 1.21. The van der Waals surface area contributed by atoms with Gasteiger partial charge in [0.15, 0.2) is 5.88 Å². The molecule has 1 aromatic heterocycles. The molecule has 3 aromatic rings. The molecule has 0 aliphatic carbocycles. The van der Waals surface area contributed by atoms with E-state index in [9.17, 15) is 0 Å². The molecule has 3 nitrogen and oxygen atoms in total. The monoisotopic (exact) mass is 294 g/mol. The highest BCUT2D eigenvalue weighted by atomic mass is 16.5. The molecular formula is C19H22N2O. The van der Waals surface area contributed by atoms with Crippen molar-refractivity contribution in [2.45, 2.75) is 13.0 Å². The van der Waals surface area contributed by atoms with Gasteiger partial charge in [-0.05, 0) is 38.2 Å². The molecule has 1 N–H and O–H groups in total. The zero-order chi connectivity index (χ0) is 15.7. The molecule has 0 bridgehead atoms. The molecule has 0 radical (unpaired) electrons. The Balaban J connectivity index is 2.28. The van der Waals surface area contributed by atoms with Crippen LogP contribution in [0.25, 0.3) is 10.9 Å². The maximum atomic E-state index is 5.64. The molecular weight excluding hydrogens is 272 g/mol. The van der Waals surface area contributed by atoms with Crippen LogP contribution < -0.4 is 4.74 Å². The number of hydrogen-bond donors (Lipinski definition) is 1. The third-order valence-electron chi connectivity index (χ3n) is 4.19. The molecule has 22 heavy (non-hydrogen) atoms. The number of nitrogens with one attached hydrogen (secondary N) is 1. The van der Waals surface area contributed by atoms with Crippen molar-refractivity contribution < 1.29 is 4.74 Å². The number of ether oxygens (including phenoxy) is 1. The first kappa shape index (κ1) is 14.7. The van der Waals surface area contributed by atoms with E-state index < -0.39 is 0 Å². The number of fused-ring (bicyclic) bond motifs is 1. The Labute approximate surface area is 131 Å². The molecule has 0 aliphatic rings. The van der Waals surface area contributed by atoms with Crippen LogP contribution in [0.1, 0.15) is 22.7 Å². The summed E-state index contributed by atoms with van der Waals surface area (Å²) >= 11 is 0. The molecule has 3 rings (SSSR count). The summed E-state index contributed by atoms with van der Waals surface area (Å²) in [5.74, 6) is 0.836. The summed E-state index contributed by atoms with van der Waals surface area (Å²) in [7, 11) is 5.94. The van der Waals surface area contributed by atoms with Crippen molar-refractivity contribution in [2.24, 2.45) is 0 Å². The molecule has 0 saturated carbocycles. The van der Waals surface area contributed by atoms with Crippen LogP contribution in [0.2, 0.25) is 0 Å². The number of H-pyrrole nitrogens is 1. The van der Waals surface area contributed by atoms with Crippen molar-refractivity contribution in [2.75, 3.05) is 21.2 Å². The van der Waals surface area contributed by atoms with Crippen molar-refractivity contribution in [3.05, 3.63) is 65.2 Å². The van der Waals surface area contributed by atoms with Gasteiger partial charge < -0.3 is 9.72 Å². The molecule has 0 amide bonds. The number of methoxy groups -OCH3 is 1. The largest absolute Gasteiger partial charge is 0.482 e. The van der Waals surface area contributed by atoms with Crippen LogP contribution in [0.3, 0.4) is 0 Å². The van der Waals surface area contributed by atoms with E-state index in [1.807, 2.05) is 6.07 Å². The van der Waals surface area contributed by atoms with Crippen molar-refractivity contribution in [1.82, 2.24) is 9.88 Å². The minimum atomic E-state index is 0.146. The summed E-state index contributed by atoms with van der Waals surface area (Å²) in [6.07, 6.45) is 0. The van der Waals surface area contributed by atoms with E-state index in [0.717, 1.165) is 11.4 Å². The number of rotatable bonds is 4. The number of nitrogens with zero attached hydrogens (tertiary/aromatic N) is 1. The predicted octanol–water partition coefficient (Wildman–Crippen LogP) is 4.14. The molecule has 3 heteroatoms. The lowest BCUT2D eigenvalue weighted by Crippen LogP contribution is -2.22. The fourth-order valence-electron chi connectivity index (χ4n) is 3.16. The lowest BCUT2D eigenvalue weighted by molar-refractivity contribution is 0.325.